The third-order valence-corrected chi connectivity index (χ3v) is 4.29. The lowest BCUT2D eigenvalue weighted by molar-refractivity contribution is 0.291. The highest BCUT2D eigenvalue weighted by molar-refractivity contribution is 7.90. The molecule has 0 fully saturated rings. The summed E-state index contributed by atoms with van der Waals surface area (Å²) in [4.78, 5) is 8.74. The normalized spacial score (nSPS) is 11.3. The first-order chi connectivity index (χ1) is 11.0. The van der Waals surface area contributed by atoms with E-state index in [2.05, 4.69) is 9.97 Å². The van der Waals surface area contributed by atoms with E-state index in [4.69, 9.17) is 9.15 Å². The summed E-state index contributed by atoms with van der Waals surface area (Å²) in [6.07, 6.45) is 7.46. The molecule has 3 aromatic rings. The van der Waals surface area contributed by atoms with Crippen LogP contribution >= 0.6 is 0 Å². The van der Waals surface area contributed by atoms with Gasteiger partial charge in [-0.25, -0.2) is 13.4 Å². The summed E-state index contributed by atoms with van der Waals surface area (Å²) in [7, 11) is -3.21. The molecule has 0 saturated heterocycles. The molecular formula is C16H14N2O4S. The number of nitrogens with zero attached hydrogens (tertiary/aromatic N) is 2. The summed E-state index contributed by atoms with van der Waals surface area (Å²) in [6.45, 7) is 0.335. The van der Waals surface area contributed by atoms with Crippen molar-refractivity contribution in [1.29, 1.82) is 0 Å². The maximum atomic E-state index is 11.5. The van der Waals surface area contributed by atoms with Crippen LogP contribution in [-0.2, 0) is 16.4 Å². The van der Waals surface area contributed by atoms with Crippen LogP contribution in [0.5, 0.6) is 5.88 Å². The molecule has 0 aliphatic heterocycles. The molecule has 0 spiro atoms. The first kappa shape index (κ1) is 15.2. The van der Waals surface area contributed by atoms with Gasteiger partial charge in [-0.1, -0.05) is 12.1 Å². The fraction of sp³-hybridized carbons (Fsp3) is 0.125. The highest BCUT2D eigenvalue weighted by Crippen LogP contribution is 2.21. The summed E-state index contributed by atoms with van der Waals surface area (Å²) in [5, 5.41) is 0. The maximum Gasteiger partial charge on any atom is 0.233 e. The van der Waals surface area contributed by atoms with Gasteiger partial charge >= 0.3 is 0 Å². The summed E-state index contributed by atoms with van der Waals surface area (Å²) < 4.78 is 33.5. The first-order valence-electron chi connectivity index (χ1n) is 6.79. The number of sulfone groups is 1. The third kappa shape index (κ3) is 3.75. The number of hydrogen-bond acceptors (Lipinski definition) is 6. The Kier molecular flexibility index (Phi) is 4.12. The van der Waals surface area contributed by atoms with Gasteiger partial charge in [0.15, 0.2) is 9.84 Å². The minimum absolute atomic E-state index is 0.265. The van der Waals surface area contributed by atoms with Gasteiger partial charge in [-0.15, -0.1) is 0 Å². The number of rotatable bonds is 5. The summed E-state index contributed by atoms with van der Waals surface area (Å²) in [6, 6.07) is 8.29. The van der Waals surface area contributed by atoms with Crippen molar-refractivity contribution in [2.75, 3.05) is 6.26 Å². The van der Waals surface area contributed by atoms with Gasteiger partial charge in [-0.05, 0) is 18.2 Å². The van der Waals surface area contributed by atoms with E-state index in [9.17, 15) is 8.42 Å². The molecular weight excluding hydrogens is 316 g/mol. The molecule has 0 aliphatic carbocycles. The van der Waals surface area contributed by atoms with Gasteiger partial charge in [-0.3, -0.25) is 4.98 Å². The van der Waals surface area contributed by atoms with Crippen LogP contribution < -0.4 is 4.74 Å². The second-order valence-electron chi connectivity index (χ2n) is 4.96. The minimum Gasteiger partial charge on any atom is -0.472 e. The molecule has 0 amide bonds. The van der Waals surface area contributed by atoms with E-state index in [1.165, 1.54) is 12.5 Å². The topological polar surface area (TPSA) is 82.3 Å². The smallest absolute Gasteiger partial charge is 0.233 e. The van der Waals surface area contributed by atoms with Crippen molar-refractivity contribution in [3.63, 3.8) is 0 Å². The van der Waals surface area contributed by atoms with Crippen LogP contribution in [0.4, 0.5) is 0 Å². The fourth-order valence-electron chi connectivity index (χ4n) is 1.96. The van der Waals surface area contributed by atoms with Crippen molar-refractivity contribution < 1.29 is 17.6 Å². The molecule has 0 radical (unpaired) electrons. The lowest BCUT2D eigenvalue weighted by atomic mass is 10.2. The number of hydrogen-bond donors (Lipinski definition) is 0. The molecule has 2 heterocycles. The third-order valence-electron chi connectivity index (χ3n) is 3.16. The Morgan fingerprint density at radius 1 is 1.13 bits per heavy atom. The second-order valence-corrected chi connectivity index (χ2v) is 6.98. The van der Waals surface area contributed by atoms with E-state index < -0.39 is 9.84 Å². The van der Waals surface area contributed by atoms with Gasteiger partial charge in [0.25, 0.3) is 0 Å². The minimum atomic E-state index is -3.21. The molecule has 0 N–H and O–H groups in total. The van der Waals surface area contributed by atoms with Crippen molar-refractivity contribution in [3.8, 4) is 17.1 Å². The Morgan fingerprint density at radius 3 is 2.57 bits per heavy atom. The molecule has 0 unspecified atom stereocenters. The average molecular weight is 330 g/mol. The fourth-order valence-corrected chi connectivity index (χ4v) is 2.59. The second kappa shape index (κ2) is 6.21. The molecule has 1 aromatic carbocycles. The van der Waals surface area contributed by atoms with Gasteiger partial charge in [0, 0.05) is 17.4 Å². The van der Waals surface area contributed by atoms with Gasteiger partial charge in [-0.2, -0.15) is 0 Å². The van der Waals surface area contributed by atoms with Gasteiger partial charge in [0.05, 0.1) is 35.5 Å². The first-order valence-corrected chi connectivity index (χ1v) is 8.68. The molecule has 2 aromatic heterocycles. The molecule has 0 atom stereocenters. The highest BCUT2D eigenvalue weighted by Gasteiger charge is 2.08. The molecule has 23 heavy (non-hydrogen) atoms. The Hall–Kier alpha value is -2.67. The number of benzene rings is 1. The van der Waals surface area contributed by atoms with E-state index in [0.29, 0.717) is 18.2 Å². The molecule has 6 nitrogen and oxygen atoms in total. The Labute approximate surface area is 133 Å². The zero-order valence-corrected chi connectivity index (χ0v) is 13.2. The zero-order chi connectivity index (χ0) is 16.3. The maximum absolute atomic E-state index is 11.5. The van der Waals surface area contributed by atoms with E-state index in [0.717, 1.165) is 11.1 Å². The number of ether oxygens (including phenoxy) is 1. The Bertz CT molecular complexity index is 888. The van der Waals surface area contributed by atoms with Crippen LogP contribution in [0, 0.1) is 0 Å². The largest absolute Gasteiger partial charge is 0.472 e. The Morgan fingerprint density at radius 2 is 1.91 bits per heavy atom. The van der Waals surface area contributed by atoms with Gasteiger partial charge in [0.1, 0.15) is 6.61 Å². The highest BCUT2D eigenvalue weighted by atomic mass is 32.2. The summed E-state index contributed by atoms with van der Waals surface area (Å²) in [5.74, 6) is 0.385. The average Bonchev–Trinajstić information content (AvgIpc) is 3.06. The quantitative estimate of drug-likeness (QED) is 0.715. The molecule has 7 heteroatoms. The van der Waals surface area contributed by atoms with Crippen molar-refractivity contribution in [2.45, 2.75) is 11.5 Å². The number of aromatic nitrogens is 2. The van der Waals surface area contributed by atoms with Crippen molar-refractivity contribution in [2.24, 2.45) is 0 Å². The standard InChI is InChI=1S/C16H14N2O4S/c1-23(19,20)14-4-2-13(3-5-14)15-8-17-9-16(18-15)22-11-12-6-7-21-10-12/h2-10H,11H2,1H3. The molecule has 3 rings (SSSR count). The van der Waals surface area contributed by atoms with Gasteiger partial charge < -0.3 is 9.15 Å². The lowest BCUT2D eigenvalue weighted by Crippen LogP contribution is -1.98. The molecule has 0 aliphatic rings. The van der Waals surface area contributed by atoms with E-state index >= 15 is 0 Å². The zero-order valence-electron chi connectivity index (χ0n) is 12.3. The summed E-state index contributed by atoms with van der Waals surface area (Å²) in [5.41, 5.74) is 2.27. The van der Waals surface area contributed by atoms with Crippen LogP contribution in [0.3, 0.4) is 0 Å². The van der Waals surface area contributed by atoms with Crippen molar-refractivity contribution >= 4 is 9.84 Å². The van der Waals surface area contributed by atoms with Crippen LogP contribution in [0.25, 0.3) is 11.3 Å². The van der Waals surface area contributed by atoms with Crippen LogP contribution in [0.15, 0.2) is 64.6 Å². The lowest BCUT2D eigenvalue weighted by Gasteiger charge is -2.06. The van der Waals surface area contributed by atoms with E-state index in [-0.39, 0.29) is 4.90 Å². The number of furan rings is 1. The Balaban J connectivity index is 1.79. The molecule has 118 valence electrons. The summed E-state index contributed by atoms with van der Waals surface area (Å²) >= 11 is 0. The van der Waals surface area contributed by atoms with Crippen LogP contribution in [0.2, 0.25) is 0 Å². The predicted octanol–water partition coefficient (Wildman–Crippen LogP) is 2.72. The van der Waals surface area contributed by atoms with E-state index in [1.807, 2.05) is 0 Å². The van der Waals surface area contributed by atoms with E-state index in [1.54, 1.807) is 49.1 Å². The van der Waals surface area contributed by atoms with Gasteiger partial charge in [0.2, 0.25) is 5.88 Å². The predicted molar refractivity (Wildman–Crippen MR) is 83.6 cm³/mol. The van der Waals surface area contributed by atoms with Crippen molar-refractivity contribution in [1.82, 2.24) is 9.97 Å². The molecule has 0 bridgehead atoms. The van der Waals surface area contributed by atoms with Crippen molar-refractivity contribution in [3.05, 3.63) is 60.8 Å². The van der Waals surface area contributed by atoms with Crippen LogP contribution in [-0.4, -0.2) is 24.6 Å². The monoisotopic (exact) mass is 330 g/mol. The SMILES string of the molecule is CS(=O)(=O)c1ccc(-c2cncc(OCc3ccoc3)n2)cc1. The van der Waals surface area contributed by atoms with Crippen LogP contribution in [0.1, 0.15) is 5.56 Å². The molecule has 0 saturated carbocycles.